The van der Waals surface area contributed by atoms with Gasteiger partial charge < -0.3 is 15.9 Å². The highest BCUT2D eigenvalue weighted by atomic mass is 19.1. The number of carbonyl (C=O) groups is 5. The van der Waals surface area contributed by atoms with Gasteiger partial charge in [0.2, 0.25) is 5.91 Å². The van der Waals surface area contributed by atoms with Crippen LogP contribution in [0.15, 0.2) is 0 Å². The van der Waals surface area contributed by atoms with E-state index in [1.807, 2.05) is 13.8 Å². The Morgan fingerprint density at radius 1 is 1.18 bits per heavy atom. The second-order valence-electron chi connectivity index (χ2n) is 11.7. The molecule has 4 aliphatic rings. The average Bonchev–Trinajstić information content (AvgIpc) is 2.88. The number of phenolic OH excluding ortho intramolecular Hbond substituents is 1. The summed E-state index contributed by atoms with van der Waals surface area (Å²) < 4.78 is 16.1. The number of primary amides is 1. The number of rotatable bonds is 4. The van der Waals surface area contributed by atoms with Gasteiger partial charge in [-0.3, -0.25) is 33.8 Å². The predicted octanol–water partition coefficient (Wildman–Crippen LogP) is 0.163. The van der Waals surface area contributed by atoms with Crippen molar-refractivity contribution < 1.29 is 38.6 Å². The van der Waals surface area contributed by atoms with Gasteiger partial charge in [0.05, 0.1) is 17.5 Å². The van der Waals surface area contributed by atoms with E-state index >= 15 is 4.39 Å². The number of likely N-dealkylation sites (N-methyl/N-ethyl adjacent to an activating group) is 1. The number of hydrogen-bond donors (Lipinski definition) is 3. The van der Waals surface area contributed by atoms with Crippen molar-refractivity contribution in [3.05, 3.63) is 28.1 Å². The molecule has 1 amide bonds. The Kier molecular flexibility index (Phi) is 6.55. The number of halogens is 1. The number of nitrogens with two attached hydrogens (primary N) is 1. The molecule has 1 aromatic rings. The van der Waals surface area contributed by atoms with Gasteiger partial charge in [0.25, 0.3) is 0 Å². The molecule has 11 heteroatoms. The smallest absolute Gasteiger partial charge is 0.235 e. The normalized spacial score (nSPS) is 33.4. The van der Waals surface area contributed by atoms with Crippen molar-refractivity contribution in [2.75, 3.05) is 20.6 Å². The molecule has 210 valence electrons. The molecule has 3 aliphatic carbocycles. The summed E-state index contributed by atoms with van der Waals surface area (Å²) in [5.74, 6) is -12.0. The van der Waals surface area contributed by atoms with Crippen molar-refractivity contribution in [2.24, 2.45) is 29.4 Å². The van der Waals surface area contributed by atoms with Gasteiger partial charge in [0, 0.05) is 41.7 Å². The fourth-order valence-electron chi connectivity index (χ4n) is 7.41. The fraction of sp³-hybridized carbons (Fsp3) is 0.607. The van der Waals surface area contributed by atoms with E-state index < -0.39 is 70.2 Å². The van der Waals surface area contributed by atoms with Gasteiger partial charge >= 0.3 is 0 Å². The third kappa shape index (κ3) is 3.66. The highest BCUT2D eigenvalue weighted by Gasteiger charge is 2.69. The van der Waals surface area contributed by atoms with Gasteiger partial charge in [0.1, 0.15) is 11.6 Å². The first-order chi connectivity index (χ1) is 18.3. The SMILES string of the molecule is CC[C@H](C)N1CCc2c(O)c3c(c(F)c2C1)C[C@H]1C[C@H]2[C@H](N(C)C)C(=O)C(C(N)=O)C(=O)[C@@]2(O)C(=O)C1C3=O. The summed E-state index contributed by atoms with van der Waals surface area (Å²) in [5, 5.41) is 22.8. The minimum atomic E-state index is -2.80. The summed E-state index contributed by atoms with van der Waals surface area (Å²) in [7, 11) is 3.03. The number of aromatic hydroxyl groups is 1. The molecule has 2 unspecified atom stereocenters. The number of benzene rings is 1. The molecule has 2 fully saturated rings. The molecular weight excluding hydrogens is 509 g/mol. The number of carbonyl (C=O) groups excluding carboxylic acids is 5. The van der Waals surface area contributed by atoms with Crippen LogP contribution < -0.4 is 5.73 Å². The van der Waals surface area contributed by atoms with Crippen LogP contribution in [0.1, 0.15) is 53.7 Å². The van der Waals surface area contributed by atoms with Gasteiger partial charge in [-0.05, 0) is 52.6 Å². The minimum Gasteiger partial charge on any atom is -0.507 e. The molecule has 39 heavy (non-hydrogen) atoms. The lowest BCUT2D eigenvalue weighted by Gasteiger charge is -2.52. The second kappa shape index (κ2) is 9.28. The Morgan fingerprint density at radius 3 is 2.44 bits per heavy atom. The zero-order valence-corrected chi connectivity index (χ0v) is 22.5. The van der Waals surface area contributed by atoms with Gasteiger partial charge in [-0.25, -0.2) is 4.39 Å². The first kappa shape index (κ1) is 27.5. The van der Waals surface area contributed by atoms with E-state index in [9.17, 15) is 34.2 Å². The maximum atomic E-state index is 16.1. The Labute approximate surface area is 225 Å². The molecule has 10 nitrogen and oxygen atoms in total. The number of Topliss-reactive ketones (excluding diaryl/α,β-unsaturated/α-hetero) is 4. The zero-order chi connectivity index (χ0) is 28.7. The van der Waals surface area contributed by atoms with Gasteiger partial charge in [-0.1, -0.05) is 6.92 Å². The van der Waals surface area contributed by atoms with E-state index in [0.717, 1.165) is 6.42 Å². The third-order valence-corrected chi connectivity index (χ3v) is 9.60. The number of aliphatic hydroxyl groups is 1. The van der Waals surface area contributed by atoms with Crippen molar-refractivity contribution in [3.63, 3.8) is 0 Å². The largest absolute Gasteiger partial charge is 0.507 e. The molecular formula is C28H34FN3O7. The Hall–Kier alpha value is -3.02. The predicted molar refractivity (Wildman–Crippen MR) is 135 cm³/mol. The lowest BCUT2D eigenvalue weighted by atomic mass is 9.52. The lowest BCUT2D eigenvalue weighted by molar-refractivity contribution is -0.181. The number of ketones is 4. The van der Waals surface area contributed by atoms with Gasteiger partial charge in [-0.2, -0.15) is 0 Å². The van der Waals surface area contributed by atoms with Crippen LogP contribution in [0.25, 0.3) is 0 Å². The Morgan fingerprint density at radius 2 is 1.85 bits per heavy atom. The first-order valence-electron chi connectivity index (χ1n) is 13.4. The fourth-order valence-corrected chi connectivity index (χ4v) is 7.41. The number of fused-ring (bicyclic) bond motifs is 4. The van der Waals surface area contributed by atoms with E-state index in [-0.39, 0.29) is 42.3 Å². The van der Waals surface area contributed by atoms with Crippen LogP contribution in [-0.2, 0) is 38.6 Å². The molecule has 1 heterocycles. The van der Waals surface area contributed by atoms with Crippen molar-refractivity contribution >= 4 is 29.0 Å². The van der Waals surface area contributed by atoms with Crippen molar-refractivity contribution in [1.82, 2.24) is 9.80 Å². The summed E-state index contributed by atoms with van der Waals surface area (Å²) in [6.07, 6.45) is 0.994. The van der Waals surface area contributed by atoms with E-state index in [1.165, 1.54) is 19.0 Å². The topological polar surface area (TPSA) is 158 Å². The molecule has 0 radical (unpaired) electrons. The van der Waals surface area contributed by atoms with E-state index in [4.69, 9.17) is 5.73 Å². The summed E-state index contributed by atoms with van der Waals surface area (Å²) in [6, 6.07) is -0.999. The van der Waals surface area contributed by atoms with Crippen molar-refractivity contribution in [1.29, 1.82) is 0 Å². The molecule has 1 aromatic carbocycles. The summed E-state index contributed by atoms with van der Waals surface area (Å²) >= 11 is 0. The van der Waals surface area contributed by atoms with Gasteiger partial charge in [-0.15, -0.1) is 0 Å². The zero-order valence-electron chi connectivity index (χ0n) is 22.5. The van der Waals surface area contributed by atoms with E-state index in [2.05, 4.69) is 4.90 Å². The quantitative estimate of drug-likeness (QED) is 0.450. The molecule has 5 rings (SSSR count). The van der Waals surface area contributed by atoms with Crippen molar-refractivity contribution in [3.8, 4) is 5.75 Å². The van der Waals surface area contributed by atoms with E-state index in [1.54, 1.807) is 0 Å². The van der Waals surface area contributed by atoms with Crippen molar-refractivity contribution in [2.45, 2.75) is 63.8 Å². The standard InChI is InChI=1S/C28H34FN3O7/c1-5-11(2)32-7-6-13-15(10-32)20(29)14-8-12-9-16-21(31(3)4)24(35)19(27(30)38)26(37)28(16,39)25(36)17(12)23(34)18(14)22(13)33/h11-12,16-17,19,21,33,39H,5-10H2,1-4H3,(H2,30,38)/t11-,12-,16-,17?,19?,21-,28-/m0/s1. The van der Waals surface area contributed by atoms with E-state index in [0.29, 0.717) is 24.1 Å². The van der Waals surface area contributed by atoms with Crippen LogP contribution in [-0.4, -0.2) is 87.4 Å². The minimum absolute atomic E-state index is 0.0200. The van der Waals surface area contributed by atoms with Crippen LogP contribution in [0.5, 0.6) is 5.75 Å². The average molecular weight is 544 g/mol. The van der Waals surface area contributed by atoms with Crippen LogP contribution >= 0.6 is 0 Å². The molecule has 0 spiro atoms. The summed E-state index contributed by atoms with van der Waals surface area (Å²) in [4.78, 5) is 69.8. The molecule has 0 aromatic heterocycles. The Bertz CT molecular complexity index is 1330. The van der Waals surface area contributed by atoms with Crippen LogP contribution in [0, 0.1) is 29.5 Å². The maximum absolute atomic E-state index is 16.1. The molecule has 7 atom stereocenters. The number of nitrogens with zero attached hydrogens (tertiary/aromatic N) is 2. The first-order valence-corrected chi connectivity index (χ1v) is 13.4. The van der Waals surface area contributed by atoms with Crippen LogP contribution in [0.2, 0.25) is 0 Å². The molecule has 2 saturated carbocycles. The third-order valence-electron chi connectivity index (χ3n) is 9.60. The molecule has 4 N–H and O–H groups in total. The molecule has 0 bridgehead atoms. The molecule has 0 saturated heterocycles. The maximum Gasteiger partial charge on any atom is 0.235 e. The van der Waals surface area contributed by atoms with Crippen LogP contribution in [0.3, 0.4) is 0 Å². The summed E-state index contributed by atoms with van der Waals surface area (Å²) in [5.41, 5.74) is 2.94. The monoisotopic (exact) mass is 543 g/mol. The highest BCUT2D eigenvalue weighted by Crippen LogP contribution is 2.52. The second-order valence-corrected chi connectivity index (χ2v) is 11.7. The Balaban J connectivity index is 1.62. The van der Waals surface area contributed by atoms with Gasteiger partial charge in [0.15, 0.2) is 34.7 Å². The lowest BCUT2D eigenvalue weighted by Crippen LogP contribution is -2.74. The number of amides is 1. The number of phenols is 1. The molecule has 1 aliphatic heterocycles. The summed E-state index contributed by atoms with van der Waals surface area (Å²) in [6.45, 7) is 4.92. The van der Waals surface area contributed by atoms with Crippen LogP contribution in [0.4, 0.5) is 4.39 Å². The number of hydrogen-bond acceptors (Lipinski definition) is 9. The highest BCUT2D eigenvalue weighted by molar-refractivity contribution is 6.32.